The highest BCUT2D eigenvalue weighted by Crippen LogP contribution is 2.28. The van der Waals surface area contributed by atoms with E-state index < -0.39 is 0 Å². The highest BCUT2D eigenvalue weighted by molar-refractivity contribution is 5.66. The van der Waals surface area contributed by atoms with Crippen molar-refractivity contribution in [1.29, 1.82) is 0 Å². The van der Waals surface area contributed by atoms with Crippen LogP contribution in [0.4, 0.5) is 4.39 Å². The molecule has 0 aliphatic rings. The van der Waals surface area contributed by atoms with Gasteiger partial charge in [-0.2, -0.15) is 0 Å². The third kappa shape index (κ3) is 2.49. The van der Waals surface area contributed by atoms with E-state index in [-0.39, 0.29) is 5.82 Å². The molecule has 1 aromatic carbocycles. The van der Waals surface area contributed by atoms with Crippen molar-refractivity contribution in [3.05, 3.63) is 47.9 Å². The summed E-state index contributed by atoms with van der Waals surface area (Å²) in [5.41, 5.74) is 2.00. The number of hydrogen-bond donors (Lipinski definition) is 1. The lowest BCUT2D eigenvalue weighted by Gasteiger charge is -2.09. The van der Waals surface area contributed by atoms with Crippen LogP contribution in [0.2, 0.25) is 0 Å². The van der Waals surface area contributed by atoms with Gasteiger partial charge in [0.2, 0.25) is 0 Å². The first kappa shape index (κ1) is 12.5. The van der Waals surface area contributed by atoms with Crippen LogP contribution in [-0.2, 0) is 6.54 Å². The Morgan fingerprint density at radius 2 is 2.17 bits per heavy atom. The lowest BCUT2D eigenvalue weighted by atomic mass is 10.1. The summed E-state index contributed by atoms with van der Waals surface area (Å²) in [4.78, 5) is 4.23. The number of ether oxygens (including phenoxy) is 1. The molecular weight excluding hydrogens is 231 g/mol. The number of nitrogens with one attached hydrogen (secondary N) is 1. The van der Waals surface area contributed by atoms with Crippen molar-refractivity contribution < 1.29 is 9.13 Å². The zero-order valence-electron chi connectivity index (χ0n) is 10.4. The fraction of sp³-hybridized carbons (Fsp3) is 0.214. The number of methoxy groups -OCH3 is 1. The molecule has 0 aliphatic carbocycles. The van der Waals surface area contributed by atoms with Gasteiger partial charge in [0.05, 0.1) is 7.11 Å². The third-order valence-corrected chi connectivity index (χ3v) is 2.68. The Morgan fingerprint density at radius 1 is 1.33 bits per heavy atom. The van der Waals surface area contributed by atoms with E-state index in [0.717, 1.165) is 0 Å². The predicted octanol–water partition coefficient (Wildman–Crippen LogP) is 2.62. The number of rotatable bonds is 4. The minimum absolute atomic E-state index is 0.241. The summed E-state index contributed by atoms with van der Waals surface area (Å²) >= 11 is 0. The first-order chi connectivity index (χ1) is 8.76. The van der Waals surface area contributed by atoms with Crippen molar-refractivity contribution in [2.75, 3.05) is 14.2 Å². The SMILES string of the molecule is CNCc1ccc(-c2ncccc2OC)cc1F. The van der Waals surface area contributed by atoms with Crippen molar-refractivity contribution in [1.82, 2.24) is 10.3 Å². The van der Waals surface area contributed by atoms with E-state index in [9.17, 15) is 4.39 Å². The Morgan fingerprint density at radius 3 is 2.83 bits per heavy atom. The molecule has 0 saturated carbocycles. The van der Waals surface area contributed by atoms with E-state index in [1.54, 1.807) is 32.5 Å². The van der Waals surface area contributed by atoms with Gasteiger partial charge >= 0.3 is 0 Å². The van der Waals surface area contributed by atoms with Gasteiger partial charge in [0.1, 0.15) is 17.3 Å². The summed E-state index contributed by atoms with van der Waals surface area (Å²) in [5.74, 6) is 0.396. The van der Waals surface area contributed by atoms with E-state index in [4.69, 9.17) is 4.74 Å². The molecular formula is C14H15FN2O. The second kappa shape index (κ2) is 5.60. The molecule has 0 atom stereocenters. The summed E-state index contributed by atoms with van der Waals surface area (Å²) in [6.45, 7) is 0.505. The molecule has 2 aromatic rings. The Bertz CT molecular complexity index is 543. The van der Waals surface area contributed by atoms with E-state index >= 15 is 0 Å². The van der Waals surface area contributed by atoms with Crippen molar-refractivity contribution in [2.24, 2.45) is 0 Å². The molecule has 0 aliphatic heterocycles. The maximum atomic E-state index is 13.8. The normalized spacial score (nSPS) is 10.4. The van der Waals surface area contributed by atoms with E-state index in [2.05, 4.69) is 10.3 Å². The van der Waals surface area contributed by atoms with Gasteiger partial charge in [0, 0.05) is 23.9 Å². The highest BCUT2D eigenvalue weighted by atomic mass is 19.1. The molecule has 94 valence electrons. The summed E-state index contributed by atoms with van der Waals surface area (Å²) in [6.07, 6.45) is 1.66. The third-order valence-electron chi connectivity index (χ3n) is 2.68. The number of halogens is 1. The van der Waals surface area contributed by atoms with Crippen LogP contribution in [0.5, 0.6) is 5.75 Å². The van der Waals surface area contributed by atoms with Gasteiger partial charge < -0.3 is 10.1 Å². The molecule has 1 aromatic heterocycles. The van der Waals surface area contributed by atoms with Crippen molar-refractivity contribution in [3.63, 3.8) is 0 Å². The highest BCUT2D eigenvalue weighted by Gasteiger charge is 2.09. The van der Waals surface area contributed by atoms with Gasteiger partial charge in [0.15, 0.2) is 0 Å². The maximum Gasteiger partial charge on any atom is 0.145 e. The van der Waals surface area contributed by atoms with Gasteiger partial charge in [-0.1, -0.05) is 12.1 Å². The van der Waals surface area contributed by atoms with Crippen LogP contribution in [0.15, 0.2) is 36.5 Å². The van der Waals surface area contributed by atoms with Crippen LogP contribution in [0.3, 0.4) is 0 Å². The van der Waals surface area contributed by atoms with Gasteiger partial charge in [-0.15, -0.1) is 0 Å². The molecule has 0 radical (unpaired) electrons. The molecule has 0 spiro atoms. The van der Waals surface area contributed by atoms with Crippen LogP contribution < -0.4 is 10.1 Å². The smallest absolute Gasteiger partial charge is 0.145 e. The molecule has 1 heterocycles. The quantitative estimate of drug-likeness (QED) is 0.900. The van der Waals surface area contributed by atoms with Crippen LogP contribution in [0.1, 0.15) is 5.56 Å². The number of benzene rings is 1. The topological polar surface area (TPSA) is 34.2 Å². The fourth-order valence-corrected chi connectivity index (χ4v) is 1.80. The minimum Gasteiger partial charge on any atom is -0.494 e. The first-order valence-electron chi connectivity index (χ1n) is 5.68. The number of hydrogen-bond acceptors (Lipinski definition) is 3. The molecule has 0 amide bonds. The van der Waals surface area contributed by atoms with Crippen LogP contribution >= 0.6 is 0 Å². The Labute approximate surface area is 106 Å². The van der Waals surface area contributed by atoms with Gasteiger partial charge in [-0.25, -0.2) is 4.39 Å². The zero-order valence-corrected chi connectivity index (χ0v) is 10.4. The van der Waals surface area contributed by atoms with Gasteiger partial charge in [0.25, 0.3) is 0 Å². The predicted molar refractivity (Wildman–Crippen MR) is 68.9 cm³/mol. The minimum atomic E-state index is -0.241. The average Bonchev–Trinajstić information content (AvgIpc) is 2.41. The monoisotopic (exact) mass is 246 g/mol. The number of nitrogens with zero attached hydrogens (tertiary/aromatic N) is 1. The zero-order chi connectivity index (χ0) is 13.0. The number of pyridine rings is 1. The summed E-state index contributed by atoms with van der Waals surface area (Å²) in [5, 5.41) is 2.93. The molecule has 0 fully saturated rings. The van der Waals surface area contributed by atoms with E-state index in [1.807, 2.05) is 12.1 Å². The van der Waals surface area contributed by atoms with Crippen LogP contribution in [-0.4, -0.2) is 19.1 Å². The lowest BCUT2D eigenvalue weighted by Crippen LogP contribution is -2.07. The maximum absolute atomic E-state index is 13.8. The van der Waals surface area contributed by atoms with Crippen molar-refractivity contribution >= 4 is 0 Å². The molecule has 1 N–H and O–H groups in total. The second-order valence-corrected chi connectivity index (χ2v) is 3.89. The molecule has 4 heteroatoms. The largest absolute Gasteiger partial charge is 0.494 e. The van der Waals surface area contributed by atoms with Crippen LogP contribution in [0.25, 0.3) is 11.3 Å². The molecule has 0 saturated heterocycles. The Kier molecular flexibility index (Phi) is 3.89. The van der Waals surface area contributed by atoms with Gasteiger partial charge in [-0.05, 0) is 25.2 Å². The summed E-state index contributed by atoms with van der Waals surface area (Å²) in [7, 11) is 3.36. The Hall–Kier alpha value is -1.94. The fourth-order valence-electron chi connectivity index (χ4n) is 1.80. The first-order valence-corrected chi connectivity index (χ1v) is 5.68. The van der Waals surface area contributed by atoms with E-state index in [1.165, 1.54) is 6.07 Å². The summed E-state index contributed by atoms with van der Waals surface area (Å²) < 4.78 is 19.1. The summed E-state index contributed by atoms with van der Waals surface area (Å²) in [6, 6.07) is 8.68. The van der Waals surface area contributed by atoms with Crippen LogP contribution in [0, 0.1) is 5.82 Å². The van der Waals surface area contributed by atoms with E-state index in [0.29, 0.717) is 29.1 Å². The average molecular weight is 246 g/mol. The van der Waals surface area contributed by atoms with Crippen molar-refractivity contribution in [3.8, 4) is 17.0 Å². The molecule has 0 bridgehead atoms. The molecule has 18 heavy (non-hydrogen) atoms. The molecule has 3 nitrogen and oxygen atoms in total. The number of aromatic nitrogens is 1. The van der Waals surface area contributed by atoms with Crippen molar-refractivity contribution in [2.45, 2.75) is 6.54 Å². The standard InChI is InChI=1S/C14H15FN2O/c1-16-9-11-6-5-10(8-12(11)15)14-13(18-2)4-3-7-17-14/h3-8,16H,9H2,1-2H3. The molecule has 0 unspecified atom stereocenters. The lowest BCUT2D eigenvalue weighted by molar-refractivity contribution is 0.415. The molecule has 2 rings (SSSR count). The van der Waals surface area contributed by atoms with Gasteiger partial charge in [-0.3, -0.25) is 4.98 Å². The second-order valence-electron chi connectivity index (χ2n) is 3.89. The Balaban J connectivity index is 2.42.